The molecular weight excluding hydrogens is 458 g/mol. The fourth-order valence-electron chi connectivity index (χ4n) is 5.10. The van der Waals surface area contributed by atoms with Crippen molar-refractivity contribution in [2.75, 3.05) is 13.1 Å². The number of aryl methyl sites for hydroxylation is 2. The van der Waals surface area contributed by atoms with Crippen molar-refractivity contribution in [3.8, 4) is 0 Å². The van der Waals surface area contributed by atoms with Gasteiger partial charge >= 0.3 is 6.09 Å². The summed E-state index contributed by atoms with van der Waals surface area (Å²) in [4.78, 5) is 32.3. The van der Waals surface area contributed by atoms with Crippen LogP contribution < -0.4 is 5.32 Å². The van der Waals surface area contributed by atoms with Crippen LogP contribution in [0, 0.1) is 6.92 Å². The first-order chi connectivity index (χ1) is 16.7. The van der Waals surface area contributed by atoms with Crippen LogP contribution in [-0.4, -0.2) is 40.6 Å². The summed E-state index contributed by atoms with van der Waals surface area (Å²) in [6, 6.07) is 12.4. The lowest BCUT2D eigenvalue weighted by molar-refractivity contribution is 0.0204. The number of hydrogen-bond acceptors (Lipinski definition) is 5. The molecule has 2 aliphatic rings. The highest BCUT2D eigenvalue weighted by molar-refractivity contribution is 7.18. The molecule has 0 saturated carbocycles. The molecule has 1 N–H and O–H groups in total. The van der Waals surface area contributed by atoms with Gasteiger partial charge in [0.1, 0.15) is 5.60 Å². The van der Waals surface area contributed by atoms with Gasteiger partial charge in [-0.15, -0.1) is 11.3 Å². The number of nitrogens with zero attached hydrogens (tertiary/aromatic N) is 2. The van der Waals surface area contributed by atoms with Crippen LogP contribution in [0.2, 0.25) is 0 Å². The summed E-state index contributed by atoms with van der Waals surface area (Å²) in [6.07, 6.45) is 3.44. The first kappa shape index (κ1) is 23.8. The Bertz CT molecular complexity index is 1270. The molecule has 0 bridgehead atoms. The van der Waals surface area contributed by atoms with Gasteiger partial charge in [-0.2, -0.15) is 0 Å². The molecule has 2 aromatic carbocycles. The molecule has 2 heterocycles. The molecule has 5 rings (SSSR count). The molecule has 184 valence electrons. The van der Waals surface area contributed by atoms with Crippen molar-refractivity contribution in [1.82, 2.24) is 15.2 Å². The number of piperidine rings is 1. The first-order valence-corrected chi connectivity index (χ1v) is 13.3. The fourth-order valence-corrected chi connectivity index (χ4v) is 6.36. The topological polar surface area (TPSA) is 71.5 Å². The van der Waals surface area contributed by atoms with Crippen molar-refractivity contribution >= 4 is 33.6 Å². The minimum Gasteiger partial charge on any atom is -0.444 e. The molecule has 7 heteroatoms. The Labute approximate surface area is 210 Å². The molecule has 1 aliphatic heterocycles. The molecule has 1 saturated heterocycles. The number of rotatable bonds is 3. The van der Waals surface area contributed by atoms with E-state index in [1.165, 1.54) is 11.1 Å². The Morgan fingerprint density at radius 1 is 1.11 bits per heavy atom. The predicted molar refractivity (Wildman–Crippen MR) is 139 cm³/mol. The zero-order valence-corrected chi connectivity index (χ0v) is 21.7. The van der Waals surface area contributed by atoms with Crippen LogP contribution in [0.25, 0.3) is 10.2 Å². The lowest BCUT2D eigenvalue weighted by Gasteiger charge is -2.32. The number of benzene rings is 2. The van der Waals surface area contributed by atoms with Gasteiger partial charge in [0.05, 0.1) is 21.3 Å². The van der Waals surface area contributed by atoms with Gasteiger partial charge in [-0.3, -0.25) is 4.79 Å². The molecule has 1 aliphatic carbocycles. The fraction of sp³-hybridized carbons (Fsp3) is 0.464. The maximum Gasteiger partial charge on any atom is 0.410 e. The number of hydrogen-bond donors (Lipinski definition) is 1. The molecule has 3 aromatic rings. The maximum atomic E-state index is 13.1. The third-order valence-electron chi connectivity index (χ3n) is 6.90. The second-order valence-electron chi connectivity index (χ2n) is 10.7. The molecule has 35 heavy (non-hydrogen) atoms. The summed E-state index contributed by atoms with van der Waals surface area (Å²) >= 11 is 1.67. The normalized spacial score (nSPS) is 18.5. The monoisotopic (exact) mass is 491 g/mol. The third kappa shape index (κ3) is 5.06. The number of thiazole rings is 1. The summed E-state index contributed by atoms with van der Waals surface area (Å²) in [6.45, 7) is 9.04. The Balaban J connectivity index is 1.28. The quantitative estimate of drug-likeness (QED) is 0.478. The van der Waals surface area contributed by atoms with E-state index in [9.17, 15) is 9.59 Å². The average molecular weight is 492 g/mol. The van der Waals surface area contributed by atoms with E-state index < -0.39 is 5.60 Å². The lowest BCUT2D eigenvalue weighted by Crippen LogP contribution is -2.41. The van der Waals surface area contributed by atoms with Gasteiger partial charge < -0.3 is 15.0 Å². The lowest BCUT2D eigenvalue weighted by atomic mass is 9.98. The molecule has 0 unspecified atom stereocenters. The van der Waals surface area contributed by atoms with E-state index in [0.717, 1.165) is 46.5 Å². The Hall–Kier alpha value is -2.93. The van der Waals surface area contributed by atoms with Crippen molar-refractivity contribution in [2.24, 2.45) is 0 Å². The highest BCUT2D eigenvalue weighted by atomic mass is 32.1. The van der Waals surface area contributed by atoms with Gasteiger partial charge in [0.2, 0.25) is 0 Å². The van der Waals surface area contributed by atoms with Crippen LogP contribution >= 0.6 is 11.3 Å². The average Bonchev–Trinajstić information content (AvgIpc) is 3.43. The van der Waals surface area contributed by atoms with Crippen molar-refractivity contribution in [3.63, 3.8) is 0 Å². The molecule has 1 atom stereocenters. The van der Waals surface area contributed by atoms with Crippen molar-refractivity contribution in [3.05, 3.63) is 63.7 Å². The molecular formula is C28H33N3O3S. The van der Waals surface area contributed by atoms with Crippen molar-refractivity contribution < 1.29 is 14.3 Å². The number of carbonyl (C=O) groups is 2. The van der Waals surface area contributed by atoms with E-state index in [4.69, 9.17) is 9.72 Å². The van der Waals surface area contributed by atoms with Gasteiger partial charge in [-0.1, -0.05) is 24.3 Å². The minimum absolute atomic E-state index is 0.0303. The highest BCUT2D eigenvalue weighted by Crippen LogP contribution is 2.36. The maximum absolute atomic E-state index is 13.1. The number of nitrogens with one attached hydrogen (secondary N) is 1. The first-order valence-electron chi connectivity index (χ1n) is 12.5. The Morgan fingerprint density at radius 3 is 2.60 bits per heavy atom. The Kier molecular flexibility index (Phi) is 6.30. The summed E-state index contributed by atoms with van der Waals surface area (Å²) < 4.78 is 6.57. The molecule has 1 fully saturated rings. The summed E-state index contributed by atoms with van der Waals surface area (Å²) in [5.41, 5.74) is 4.76. The predicted octanol–water partition coefficient (Wildman–Crippen LogP) is 6.14. The van der Waals surface area contributed by atoms with Crippen LogP contribution in [-0.2, 0) is 11.2 Å². The van der Waals surface area contributed by atoms with Crippen LogP contribution in [0.15, 0.2) is 36.4 Å². The highest BCUT2D eigenvalue weighted by Gasteiger charge is 2.29. The van der Waals surface area contributed by atoms with E-state index in [1.54, 1.807) is 16.2 Å². The standard InChI is InChI=1S/C28H33N3O3S/c1-17-15-20(25(32)29-22-10-9-18-7-5-6-8-21(18)22)16-23-24(17)30-26(35-23)19-11-13-31(14-12-19)27(33)34-28(2,3)4/h5-8,15-16,19,22H,9-14H2,1-4H3,(H,29,32)/t22-/m0/s1. The van der Waals surface area contributed by atoms with Crippen LogP contribution in [0.1, 0.15) is 84.0 Å². The van der Waals surface area contributed by atoms with Gasteiger partial charge in [-0.05, 0) is 82.2 Å². The number of ether oxygens (including phenoxy) is 1. The third-order valence-corrected chi connectivity index (χ3v) is 8.06. The molecule has 6 nitrogen and oxygen atoms in total. The van der Waals surface area contributed by atoms with Gasteiger partial charge in [0, 0.05) is 24.6 Å². The van der Waals surface area contributed by atoms with Crippen LogP contribution in [0.4, 0.5) is 4.79 Å². The van der Waals surface area contributed by atoms with Crippen LogP contribution in [0.3, 0.4) is 0 Å². The zero-order valence-electron chi connectivity index (χ0n) is 20.9. The largest absolute Gasteiger partial charge is 0.444 e. The van der Waals surface area contributed by atoms with Crippen molar-refractivity contribution in [2.45, 2.75) is 70.9 Å². The van der Waals surface area contributed by atoms with Crippen molar-refractivity contribution in [1.29, 1.82) is 0 Å². The summed E-state index contributed by atoms with van der Waals surface area (Å²) in [7, 11) is 0. The summed E-state index contributed by atoms with van der Waals surface area (Å²) in [5, 5.41) is 4.33. The summed E-state index contributed by atoms with van der Waals surface area (Å²) in [5.74, 6) is 0.287. The van der Waals surface area contributed by atoms with E-state index >= 15 is 0 Å². The molecule has 0 radical (unpaired) electrons. The zero-order chi connectivity index (χ0) is 24.7. The van der Waals surface area contributed by atoms with E-state index in [2.05, 4.69) is 23.5 Å². The molecule has 0 spiro atoms. The van der Waals surface area contributed by atoms with Gasteiger partial charge in [0.15, 0.2) is 0 Å². The van der Waals surface area contributed by atoms with Gasteiger partial charge in [-0.25, -0.2) is 9.78 Å². The van der Waals surface area contributed by atoms with E-state index in [-0.39, 0.29) is 18.0 Å². The van der Waals surface area contributed by atoms with Crippen LogP contribution in [0.5, 0.6) is 0 Å². The SMILES string of the molecule is Cc1cc(C(=O)N[C@H]2CCc3ccccc32)cc2sc(C3CCN(C(=O)OC(C)(C)C)CC3)nc12. The number of amides is 2. The second kappa shape index (κ2) is 9.26. The van der Waals surface area contributed by atoms with E-state index in [1.807, 2.05) is 45.9 Å². The number of carbonyl (C=O) groups excluding carboxylic acids is 2. The van der Waals surface area contributed by atoms with E-state index in [0.29, 0.717) is 24.6 Å². The molecule has 1 aromatic heterocycles. The second-order valence-corrected chi connectivity index (χ2v) is 11.8. The smallest absolute Gasteiger partial charge is 0.410 e. The number of aromatic nitrogens is 1. The number of likely N-dealkylation sites (tertiary alicyclic amines) is 1. The molecule has 2 amide bonds. The Morgan fingerprint density at radius 2 is 1.86 bits per heavy atom. The van der Waals surface area contributed by atoms with Gasteiger partial charge in [0.25, 0.3) is 5.91 Å². The minimum atomic E-state index is -0.483. The number of fused-ring (bicyclic) bond motifs is 2.